The number of carbonyl (C=O) groups excluding carboxylic acids is 1. The van der Waals surface area contributed by atoms with E-state index in [-0.39, 0.29) is 30.0 Å². The quantitative estimate of drug-likeness (QED) is 0.210. The van der Waals surface area contributed by atoms with Gasteiger partial charge in [0.1, 0.15) is 6.04 Å². The molecule has 0 aromatic heterocycles. The minimum atomic E-state index is -0.352. The number of allylic oxidation sites excluding steroid dienone is 1. The van der Waals surface area contributed by atoms with E-state index in [1.165, 1.54) is 11.1 Å². The predicted molar refractivity (Wildman–Crippen MR) is 162 cm³/mol. The summed E-state index contributed by atoms with van der Waals surface area (Å²) >= 11 is 0. The molecule has 40 heavy (non-hydrogen) atoms. The van der Waals surface area contributed by atoms with E-state index >= 15 is 0 Å². The first-order chi connectivity index (χ1) is 19.6. The fourth-order valence-electron chi connectivity index (χ4n) is 5.96. The van der Waals surface area contributed by atoms with Crippen molar-refractivity contribution in [2.45, 2.75) is 43.8 Å². The maximum atomic E-state index is 13.3. The number of esters is 1. The first-order valence-corrected chi connectivity index (χ1v) is 14.2. The summed E-state index contributed by atoms with van der Waals surface area (Å²) in [4.78, 5) is 15.6. The summed E-state index contributed by atoms with van der Waals surface area (Å²) in [6, 6.07) is 41.7. The molecular weight excluding hydrogens is 492 g/mol. The Kier molecular flexibility index (Phi) is 9.10. The van der Waals surface area contributed by atoms with Crippen LogP contribution in [0.2, 0.25) is 0 Å². The lowest BCUT2D eigenvalue weighted by atomic mass is 9.87. The lowest BCUT2D eigenvalue weighted by molar-refractivity contribution is -0.149. The van der Waals surface area contributed by atoms with Gasteiger partial charge in [0, 0.05) is 24.2 Å². The zero-order chi connectivity index (χ0) is 27.7. The lowest BCUT2D eigenvalue weighted by Gasteiger charge is -2.32. The maximum absolute atomic E-state index is 13.3. The highest BCUT2D eigenvalue weighted by atomic mass is 16.5. The van der Waals surface area contributed by atoms with Gasteiger partial charge in [-0.25, -0.2) is 0 Å². The van der Waals surface area contributed by atoms with Crippen LogP contribution in [0.3, 0.4) is 0 Å². The van der Waals surface area contributed by atoms with E-state index in [9.17, 15) is 4.79 Å². The average Bonchev–Trinajstić information content (AvgIpc) is 3.41. The van der Waals surface area contributed by atoms with Crippen LogP contribution in [0.1, 0.15) is 54.0 Å². The van der Waals surface area contributed by atoms with Crippen molar-refractivity contribution in [1.29, 1.82) is 0 Å². The smallest absolute Gasteiger partial charge is 0.323 e. The maximum Gasteiger partial charge on any atom is 0.323 e. The monoisotopic (exact) mass is 530 g/mol. The topological polar surface area (TPSA) is 41.6 Å². The molecule has 1 aliphatic heterocycles. The molecule has 4 aromatic carbocycles. The summed E-state index contributed by atoms with van der Waals surface area (Å²) in [6.07, 6.45) is 1.44. The van der Waals surface area contributed by atoms with Crippen LogP contribution in [-0.4, -0.2) is 36.1 Å². The van der Waals surface area contributed by atoms with Crippen LogP contribution in [0.25, 0.3) is 0 Å². The number of carbonyl (C=O) groups is 1. The molecule has 1 heterocycles. The Morgan fingerprint density at radius 3 is 1.70 bits per heavy atom. The second-order valence-corrected chi connectivity index (χ2v) is 10.4. The molecule has 4 aromatic rings. The molecule has 1 saturated heterocycles. The first kappa shape index (κ1) is 27.4. The van der Waals surface area contributed by atoms with Crippen LogP contribution in [-0.2, 0) is 9.53 Å². The molecule has 1 N–H and O–H groups in total. The number of likely N-dealkylation sites (tertiary alicyclic amines) is 1. The van der Waals surface area contributed by atoms with Crippen molar-refractivity contribution in [3.05, 3.63) is 156 Å². The number of hydrogen-bond acceptors (Lipinski definition) is 4. The van der Waals surface area contributed by atoms with Gasteiger partial charge in [0.15, 0.2) is 0 Å². The van der Waals surface area contributed by atoms with E-state index in [1.807, 2.05) is 19.1 Å². The van der Waals surface area contributed by atoms with Crippen LogP contribution < -0.4 is 5.32 Å². The molecule has 0 spiro atoms. The van der Waals surface area contributed by atoms with Crippen molar-refractivity contribution in [3.63, 3.8) is 0 Å². The molecule has 0 aliphatic carbocycles. The molecule has 4 heteroatoms. The van der Waals surface area contributed by atoms with E-state index in [1.54, 1.807) is 0 Å². The van der Waals surface area contributed by atoms with Crippen molar-refractivity contribution in [1.82, 2.24) is 10.2 Å². The van der Waals surface area contributed by atoms with Crippen molar-refractivity contribution in [2.75, 3.05) is 13.2 Å². The highest BCUT2D eigenvalue weighted by Gasteiger charge is 2.42. The van der Waals surface area contributed by atoms with Gasteiger partial charge >= 0.3 is 5.97 Å². The summed E-state index contributed by atoms with van der Waals surface area (Å²) in [5.74, 6) is 0.0304. The van der Waals surface area contributed by atoms with E-state index in [4.69, 9.17) is 4.74 Å². The van der Waals surface area contributed by atoms with E-state index in [2.05, 4.69) is 126 Å². The highest BCUT2D eigenvalue weighted by Crippen LogP contribution is 2.36. The molecule has 0 bridgehead atoms. The van der Waals surface area contributed by atoms with Gasteiger partial charge in [-0.2, -0.15) is 0 Å². The SMILES string of the molecule is C=C(CC(c1ccccc1)c1ccccc1)N[C@H]1C[C@@H](C(=O)OCC)N(C(c2ccccc2)c2ccccc2)C1. The number of nitrogens with one attached hydrogen (secondary N) is 1. The van der Waals surface area contributed by atoms with Gasteiger partial charge in [-0.15, -0.1) is 0 Å². The van der Waals surface area contributed by atoms with Gasteiger partial charge in [0.25, 0.3) is 0 Å². The van der Waals surface area contributed by atoms with Gasteiger partial charge in [0.05, 0.1) is 12.6 Å². The third-order valence-corrected chi connectivity index (χ3v) is 7.72. The third kappa shape index (κ3) is 6.52. The minimum Gasteiger partial charge on any atom is -0.465 e. The van der Waals surface area contributed by atoms with Crippen LogP contribution in [0, 0.1) is 0 Å². The van der Waals surface area contributed by atoms with Gasteiger partial charge in [0.2, 0.25) is 0 Å². The molecule has 204 valence electrons. The zero-order valence-corrected chi connectivity index (χ0v) is 23.2. The van der Waals surface area contributed by atoms with E-state index in [0.29, 0.717) is 19.6 Å². The third-order valence-electron chi connectivity index (χ3n) is 7.72. The molecule has 1 aliphatic rings. The largest absolute Gasteiger partial charge is 0.465 e. The predicted octanol–water partition coefficient (Wildman–Crippen LogP) is 7.11. The summed E-state index contributed by atoms with van der Waals surface area (Å²) in [6.45, 7) is 7.40. The standard InChI is InChI=1S/C36H38N2O2/c1-3-40-36(39)34-25-32(26-38(34)35(30-20-12-6-13-21-30)31-22-14-7-15-23-31)37-27(2)24-33(28-16-8-4-9-17-28)29-18-10-5-11-19-29/h4-23,32-35,37H,2-3,24-26H2,1H3/t32-,34-/m0/s1. The fraction of sp³-hybridized carbons (Fsp3) is 0.250. The average molecular weight is 531 g/mol. The van der Waals surface area contributed by atoms with Crippen LogP contribution in [0.15, 0.2) is 134 Å². The summed E-state index contributed by atoms with van der Waals surface area (Å²) in [5.41, 5.74) is 5.83. The van der Waals surface area contributed by atoms with Gasteiger partial charge < -0.3 is 10.1 Å². The summed E-state index contributed by atoms with van der Waals surface area (Å²) in [5, 5.41) is 3.72. The minimum absolute atomic E-state index is 0.0572. The van der Waals surface area contributed by atoms with Crippen LogP contribution in [0.4, 0.5) is 0 Å². The van der Waals surface area contributed by atoms with E-state index in [0.717, 1.165) is 23.2 Å². The van der Waals surface area contributed by atoms with Crippen molar-refractivity contribution >= 4 is 5.97 Å². The Hall–Kier alpha value is -4.15. The number of rotatable bonds is 11. The zero-order valence-electron chi connectivity index (χ0n) is 23.2. The molecule has 0 unspecified atom stereocenters. The number of hydrogen-bond donors (Lipinski definition) is 1. The van der Waals surface area contributed by atoms with Gasteiger partial charge in [-0.1, -0.05) is 128 Å². The molecule has 4 nitrogen and oxygen atoms in total. The Morgan fingerprint density at radius 1 is 0.800 bits per heavy atom. The molecule has 0 saturated carbocycles. The Balaban J connectivity index is 1.39. The number of benzene rings is 4. The van der Waals surface area contributed by atoms with Crippen LogP contribution >= 0.6 is 0 Å². The Labute approximate surface area is 238 Å². The molecular formula is C36H38N2O2. The normalized spacial score (nSPS) is 17.2. The van der Waals surface area contributed by atoms with Crippen molar-refractivity contribution in [2.24, 2.45) is 0 Å². The van der Waals surface area contributed by atoms with Crippen molar-refractivity contribution < 1.29 is 9.53 Å². The second-order valence-electron chi connectivity index (χ2n) is 10.4. The molecule has 1 fully saturated rings. The highest BCUT2D eigenvalue weighted by molar-refractivity contribution is 5.76. The fourth-order valence-corrected chi connectivity index (χ4v) is 5.96. The van der Waals surface area contributed by atoms with Gasteiger partial charge in [-0.3, -0.25) is 9.69 Å². The van der Waals surface area contributed by atoms with Crippen molar-refractivity contribution in [3.8, 4) is 0 Å². The molecule has 0 radical (unpaired) electrons. The van der Waals surface area contributed by atoms with Crippen LogP contribution in [0.5, 0.6) is 0 Å². The molecule has 0 amide bonds. The van der Waals surface area contributed by atoms with Gasteiger partial charge in [-0.05, 0) is 42.0 Å². The molecule has 5 rings (SSSR count). The first-order valence-electron chi connectivity index (χ1n) is 14.2. The Bertz CT molecular complexity index is 1280. The van der Waals surface area contributed by atoms with E-state index < -0.39 is 0 Å². The second kappa shape index (κ2) is 13.3. The number of nitrogens with zero attached hydrogens (tertiary/aromatic N) is 1. The Morgan fingerprint density at radius 2 is 1.25 bits per heavy atom. The molecule has 2 atom stereocenters. The number of ether oxygens (including phenoxy) is 1. The summed E-state index contributed by atoms with van der Waals surface area (Å²) < 4.78 is 5.58. The summed E-state index contributed by atoms with van der Waals surface area (Å²) in [7, 11) is 0. The lowest BCUT2D eigenvalue weighted by Crippen LogP contribution is -2.40.